The molecule has 0 radical (unpaired) electrons. The topological polar surface area (TPSA) is 106 Å². The molecule has 7 nitrogen and oxygen atoms in total. The molecule has 0 fully saturated rings. The number of fused-ring (bicyclic) bond motifs is 1. The molecule has 0 saturated heterocycles. The lowest BCUT2D eigenvalue weighted by Gasteiger charge is -2.10. The lowest BCUT2D eigenvalue weighted by Crippen LogP contribution is -2.09. The second-order valence-corrected chi connectivity index (χ2v) is 5.63. The first-order valence-corrected chi connectivity index (χ1v) is 8.30. The SMILES string of the molecule is CCCCCCOc1c(O)c2ccc(OCCC(=O)O)cc2oc1=O. The molecule has 25 heavy (non-hydrogen) atoms. The van der Waals surface area contributed by atoms with Gasteiger partial charge in [-0.25, -0.2) is 4.79 Å². The Morgan fingerprint density at radius 1 is 1.16 bits per heavy atom. The summed E-state index contributed by atoms with van der Waals surface area (Å²) in [6, 6.07) is 4.53. The van der Waals surface area contributed by atoms with Crippen molar-refractivity contribution in [3.8, 4) is 17.2 Å². The maximum absolute atomic E-state index is 12.0. The van der Waals surface area contributed by atoms with Crippen molar-refractivity contribution < 1.29 is 28.9 Å². The van der Waals surface area contributed by atoms with Gasteiger partial charge in [-0.2, -0.15) is 0 Å². The Kier molecular flexibility index (Phi) is 6.68. The summed E-state index contributed by atoms with van der Waals surface area (Å²) in [7, 11) is 0. The third-order valence-corrected chi connectivity index (χ3v) is 3.64. The maximum Gasteiger partial charge on any atom is 0.383 e. The Balaban J connectivity index is 2.13. The van der Waals surface area contributed by atoms with Crippen molar-refractivity contribution >= 4 is 16.9 Å². The number of carboxylic acid groups (broad SMARTS) is 1. The van der Waals surface area contributed by atoms with Gasteiger partial charge >= 0.3 is 11.6 Å². The van der Waals surface area contributed by atoms with Gasteiger partial charge in [-0.15, -0.1) is 0 Å². The summed E-state index contributed by atoms with van der Waals surface area (Å²) in [5.74, 6) is -1.07. The van der Waals surface area contributed by atoms with Crippen molar-refractivity contribution in [3.63, 3.8) is 0 Å². The second kappa shape index (κ2) is 8.96. The smallest absolute Gasteiger partial charge is 0.383 e. The van der Waals surface area contributed by atoms with Crippen LogP contribution in [-0.2, 0) is 4.79 Å². The lowest BCUT2D eigenvalue weighted by atomic mass is 10.2. The van der Waals surface area contributed by atoms with Crippen molar-refractivity contribution in [1.82, 2.24) is 0 Å². The van der Waals surface area contributed by atoms with Gasteiger partial charge in [0, 0.05) is 6.07 Å². The molecule has 0 amide bonds. The van der Waals surface area contributed by atoms with Crippen LogP contribution in [0.1, 0.15) is 39.0 Å². The molecular weight excluding hydrogens is 328 g/mol. The van der Waals surface area contributed by atoms with Crippen molar-refractivity contribution in [2.75, 3.05) is 13.2 Å². The molecule has 0 saturated carbocycles. The van der Waals surface area contributed by atoms with Crippen LogP contribution in [0.4, 0.5) is 0 Å². The van der Waals surface area contributed by atoms with Crippen LogP contribution < -0.4 is 15.1 Å². The minimum atomic E-state index is -0.967. The van der Waals surface area contributed by atoms with Gasteiger partial charge in [-0.05, 0) is 18.6 Å². The molecule has 7 heteroatoms. The number of hydrogen-bond donors (Lipinski definition) is 2. The van der Waals surface area contributed by atoms with Crippen molar-refractivity contribution in [2.24, 2.45) is 0 Å². The van der Waals surface area contributed by atoms with Crippen molar-refractivity contribution in [1.29, 1.82) is 0 Å². The van der Waals surface area contributed by atoms with Crippen LogP contribution >= 0.6 is 0 Å². The van der Waals surface area contributed by atoms with E-state index in [-0.39, 0.29) is 30.1 Å². The van der Waals surface area contributed by atoms with E-state index >= 15 is 0 Å². The molecule has 2 rings (SSSR count). The highest BCUT2D eigenvalue weighted by molar-refractivity contribution is 5.86. The molecule has 0 aliphatic carbocycles. The number of aromatic hydroxyl groups is 1. The summed E-state index contributed by atoms with van der Waals surface area (Å²) in [6.45, 7) is 2.43. The van der Waals surface area contributed by atoms with Crippen LogP contribution in [0, 0.1) is 0 Å². The van der Waals surface area contributed by atoms with Gasteiger partial charge in [0.15, 0.2) is 5.75 Å². The summed E-state index contributed by atoms with van der Waals surface area (Å²) in [5.41, 5.74) is -0.614. The van der Waals surface area contributed by atoms with Crippen LogP contribution in [0.3, 0.4) is 0 Å². The molecular formula is C18H22O7. The van der Waals surface area contributed by atoms with E-state index in [4.69, 9.17) is 19.0 Å². The highest BCUT2D eigenvalue weighted by Crippen LogP contribution is 2.33. The molecule has 1 aromatic heterocycles. The zero-order valence-corrected chi connectivity index (χ0v) is 14.1. The molecule has 0 spiro atoms. The van der Waals surface area contributed by atoms with Crippen molar-refractivity contribution in [3.05, 3.63) is 28.6 Å². The predicted octanol–water partition coefficient (Wildman–Crippen LogP) is 3.31. The quantitative estimate of drug-likeness (QED) is 0.500. The molecule has 0 aliphatic rings. The van der Waals surface area contributed by atoms with E-state index < -0.39 is 11.6 Å². The number of ether oxygens (including phenoxy) is 2. The number of aliphatic carboxylic acids is 1. The molecule has 2 aromatic rings. The Morgan fingerprint density at radius 3 is 2.68 bits per heavy atom. The fourth-order valence-corrected chi connectivity index (χ4v) is 2.32. The van der Waals surface area contributed by atoms with E-state index in [1.54, 1.807) is 6.07 Å². The maximum atomic E-state index is 12.0. The first kappa shape index (κ1) is 18.6. The van der Waals surface area contributed by atoms with Crippen LogP contribution in [-0.4, -0.2) is 29.4 Å². The number of rotatable bonds is 10. The van der Waals surface area contributed by atoms with E-state index in [9.17, 15) is 14.7 Å². The van der Waals surface area contributed by atoms with E-state index in [0.29, 0.717) is 17.7 Å². The first-order valence-electron chi connectivity index (χ1n) is 8.30. The van der Waals surface area contributed by atoms with Gasteiger partial charge in [-0.3, -0.25) is 4.79 Å². The molecule has 0 bridgehead atoms. The minimum Gasteiger partial charge on any atom is -0.504 e. The van der Waals surface area contributed by atoms with Gasteiger partial charge in [0.2, 0.25) is 5.75 Å². The standard InChI is InChI=1S/C18H22O7/c1-2-3-4-5-9-24-17-16(21)13-7-6-12(23-10-8-15(19)20)11-14(13)25-18(17)22/h6-7,11,21H,2-5,8-10H2,1H3,(H,19,20). The molecule has 1 aromatic carbocycles. The third kappa shape index (κ3) is 5.14. The number of benzene rings is 1. The number of hydrogen-bond acceptors (Lipinski definition) is 6. The van der Waals surface area contributed by atoms with Crippen LogP contribution in [0.2, 0.25) is 0 Å². The summed E-state index contributed by atoms with van der Waals surface area (Å²) in [5, 5.41) is 19.2. The molecule has 2 N–H and O–H groups in total. The number of carboxylic acids is 1. The molecule has 0 atom stereocenters. The van der Waals surface area contributed by atoms with E-state index in [2.05, 4.69) is 6.92 Å². The van der Waals surface area contributed by atoms with Gasteiger partial charge < -0.3 is 24.1 Å². The van der Waals surface area contributed by atoms with Gasteiger partial charge in [0.1, 0.15) is 11.3 Å². The van der Waals surface area contributed by atoms with E-state index in [1.165, 1.54) is 12.1 Å². The summed E-state index contributed by atoms with van der Waals surface area (Å²) in [6.07, 6.45) is 3.83. The normalized spacial score (nSPS) is 10.8. The van der Waals surface area contributed by atoms with Gasteiger partial charge in [0.05, 0.1) is 25.0 Å². The Labute approximate surface area is 144 Å². The minimum absolute atomic E-state index is 0.00396. The molecule has 1 heterocycles. The van der Waals surface area contributed by atoms with Crippen molar-refractivity contribution in [2.45, 2.75) is 39.0 Å². The largest absolute Gasteiger partial charge is 0.504 e. The number of unbranched alkanes of at least 4 members (excludes halogenated alkanes) is 3. The summed E-state index contributed by atoms with van der Waals surface area (Å²) >= 11 is 0. The average molecular weight is 350 g/mol. The molecule has 0 unspecified atom stereocenters. The third-order valence-electron chi connectivity index (χ3n) is 3.64. The highest BCUT2D eigenvalue weighted by Gasteiger charge is 2.16. The fourth-order valence-electron chi connectivity index (χ4n) is 2.32. The number of carbonyl (C=O) groups is 1. The van der Waals surface area contributed by atoms with Gasteiger partial charge in [0.25, 0.3) is 0 Å². The molecule has 136 valence electrons. The van der Waals surface area contributed by atoms with Crippen LogP contribution in [0.25, 0.3) is 11.0 Å². The average Bonchev–Trinajstić information content (AvgIpc) is 2.56. The fraction of sp³-hybridized carbons (Fsp3) is 0.444. The monoisotopic (exact) mass is 350 g/mol. The van der Waals surface area contributed by atoms with E-state index in [0.717, 1.165) is 25.7 Å². The zero-order valence-electron chi connectivity index (χ0n) is 14.1. The zero-order chi connectivity index (χ0) is 18.2. The predicted molar refractivity (Wildman–Crippen MR) is 91.5 cm³/mol. The van der Waals surface area contributed by atoms with Crippen LogP contribution in [0.5, 0.6) is 17.2 Å². The van der Waals surface area contributed by atoms with Crippen LogP contribution in [0.15, 0.2) is 27.4 Å². The first-order chi connectivity index (χ1) is 12.0. The molecule has 0 aliphatic heterocycles. The summed E-state index contributed by atoms with van der Waals surface area (Å²) in [4.78, 5) is 22.5. The Bertz CT molecular complexity index is 779. The summed E-state index contributed by atoms with van der Waals surface area (Å²) < 4.78 is 15.9. The Morgan fingerprint density at radius 2 is 1.96 bits per heavy atom. The highest BCUT2D eigenvalue weighted by atomic mass is 16.5. The van der Waals surface area contributed by atoms with Gasteiger partial charge in [-0.1, -0.05) is 26.2 Å². The second-order valence-electron chi connectivity index (χ2n) is 5.63. The lowest BCUT2D eigenvalue weighted by molar-refractivity contribution is -0.137. The Hall–Kier alpha value is -2.70. The van der Waals surface area contributed by atoms with E-state index in [1.807, 2.05) is 0 Å².